The number of aromatic nitrogens is 1. The first-order valence-electron chi connectivity index (χ1n) is 9.52. The minimum Gasteiger partial charge on any atom is -0.252 e. The fourth-order valence-corrected chi connectivity index (χ4v) is 4.38. The van der Waals surface area contributed by atoms with E-state index in [0.29, 0.717) is 0 Å². The third kappa shape index (κ3) is 2.48. The monoisotopic (exact) mass is 345 g/mol. The predicted molar refractivity (Wildman–Crippen MR) is 115 cm³/mol. The fraction of sp³-hybridized carbons (Fsp3) is 0.400. The predicted octanol–water partition coefficient (Wildman–Crippen LogP) is 6.99. The van der Waals surface area contributed by atoms with Gasteiger partial charge in [-0.2, -0.15) is 0 Å². The molecule has 3 aromatic rings. The zero-order valence-electron chi connectivity index (χ0n) is 18.0. The molecule has 1 heteroatoms. The van der Waals surface area contributed by atoms with Crippen LogP contribution in [0.1, 0.15) is 55.8 Å². The second kappa shape index (κ2) is 6.23. The van der Waals surface area contributed by atoms with Crippen LogP contribution >= 0.6 is 0 Å². The lowest BCUT2D eigenvalue weighted by atomic mass is 9.86. The quantitative estimate of drug-likeness (QED) is 0.463. The molecule has 0 bridgehead atoms. The van der Waals surface area contributed by atoms with Crippen LogP contribution in [0, 0.1) is 69.2 Å². The summed E-state index contributed by atoms with van der Waals surface area (Å²) in [5.41, 5.74) is 15.9. The van der Waals surface area contributed by atoms with Gasteiger partial charge in [0, 0.05) is 16.6 Å². The summed E-state index contributed by atoms with van der Waals surface area (Å²) in [6.07, 6.45) is 0. The van der Waals surface area contributed by atoms with Gasteiger partial charge in [-0.3, -0.25) is 4.98 Å². The van der Waals surface area contributed by atoms with Gasteiger partial charge in [-0.05, 0) is 131 Å². The summed E-state index contributed by atoms with van der Waals surface area (Å²) in [7, 11) is 0. The molecule has 0 spiro atoms. The molecule has 0 fully saturated rings. The molecule has 2 aromatic carbocycles. The Kier molecular flexibility index (Phi) is 4.46. The first-order chi connectivity index (χ1) is 12.1. The smallest absolute Gasteiger partial charge is 0.0743 e. The molecule has 0 amide bonds. The summed E-state index contributed by atoms with van der Waals surface area (Å²) in [5, 5.41) is 2.73. The van der Waals surface area contributed by atoms with E-state index in [0.717, 1.165) is 11.4 Å². The Balaban J connectivity index is 2.51. The highest BCUT2D eigenvalue weighted by atomic mass is 14.7. The number of nitrogens with zero attached hydrogens (tertiary/aromatic N) is 1. The van der Waals surface area contributed by atoms with Gasteiger partial charge in [-0.15, -0.1) is 0 Å². The van der Waals surface area contributed by atoms with Gasteiger partial charge in [0.1, 0.15) is 0 Å². The first-order valence-corrected chi connectivity index (χ1v) is 9.52. The van der Waals surface area contributed by atoms with E-state index < -0.39 is 0 Å². The Labute approximate surface area is 158 Å². The minimum atomic E-state index is 1.14. The standard InChI is InChI=1S/C25H31N/c1-12-11-22(17(6)14(3)13(12)2)25-20(9)23-18(7)15(4)16(5)19(8)24(23)21(10)26-25/h11H,1-10H3. The van der Waals surface area contributed by atoms with Gasteiger partial charge >= 0.3 is 0 Å². The summed E-state index contributed by atoms with van der Waals surface area (Å²) in [4.78, 5) is 5.12. The highest BCUT2D eigenvalue weighted by Crippen LogP contribution is 2.38. The van der Waals surface area contributed by atoms with Crippen LogP contribution < -0.4 is 0 Å². The highest BCUT2D eigenvalue weighted by Gasteiger charge is 2.19. The molecule has 1 aromatic heterocycles. The molecule has 0 aliphatic rings. The van der Waals surface area contributed by atoms with E-state index in [-0.39, 0.29) is 0 Å². The first kappa shape index (κ1) is 18.6. The Hall–Kier alpha value is -2.15. The summed E-state index contributed by atoms with van der Waals surface area (Å²) in [6.45, 7) is 22.3. The van der Waals surface area contributed by atoms with E-state index in [9.17, 15) is 0 Å². The lowest BCUT2D eigenvalue weighted by molar-refractivity contribution is 1.16. The van der Waals surface area contributed by atoms with E-state index >= 15 is 0 Å². The molecule has 1 nitrogen and oxygen atoms in total. The topological polar surface area (TPSA) is 12.9 Å². The van der Waals surface area contributed by atoms with E-state index in [4.69, 9.17) is 4.98 Å². The fourth-order valence-electron chi connectivity index (χ4n) is 4.38. The molecule has 136 valence electrons. The zero-order valence-corrected chi connectivity index (χ0v) is 18.0. The number of benzene rings is 2. The SMILES string of the molecule is Cc1cc(-c2nc(C)c3c(C)c(C)c(C)c(C)c3c2C)c(C)c(C)c1C. The van der Waals surface area contributed by atoms with E-state index in [1.54, 1.807) is 0 Å². The number of aryl methyl sites for hydroxylation is 5. The van der Waals surface area contributed by atoms with Gasteiger partial charge in [0.25, 0.3) is 0 Å². The normalized spacial score (nSPS) is 11.5. The van der Waals surface area contributed by atoms with E-state index in [1.807, 2.05) is 0 Å². The molecule has 0 saturated carbocycles. The average molecular weight is 346 g/mol. The lowest BCUT2D eigenvalue weighted by Gasteiger charge is -2.21. The van der Waals surface area contributed by atoms with Crippen molar-refractivity contribution in [2.75, 3.05) is 0 Å². The maximum absolute atomic E-state index is 5.12. The van der Waals surface area contributed by atoms with Gasteiger partial charge in [-0.1, -0.05) is 0 Å². The molecular weight excluding hydrogens is 314 g/mol. The molecule has 0 aliphatic heterocycles. The molecule has 0 atom stereocenters. The molecule has 0 saturated heterocycles. The van der Waals surface area contributed by atoms with Crippen molar-refractivity contribution in [3.05, 3.63) is 61.8 Å². The molecule has 0 N–H and O–H groups in total. The molecular formula is C25H31N. The van der Waals surface area contributed by atoms with Gasteiger partial charge in [-0.25, -0.2) is 0 Å². The van der Waals surface area contributed by atoms with E-state index in [2.05, 4.69) is 75.3 Å². The molecule has 0 radical (unpaired) electrons. The third-order valence-electron chi connectivity index (χ3n) is 6.80. The zero-order chi connectivity index (χ0) is 19.5. The number of hydrogen-bond donors (Lipinski definition) is 0. The lowest BCUT2D eigenvalue weighted by Crippen LogP contribution is -2.03. The Morgan fingerprint density at radius 3 is 1.58 bits per heavy atom. The average Bonchev–Trinajstić information content (AvgIpc) is 2.60. The van der Waals surface area contributed by atoms with Crippen molar-refractivity contribution in [2.24, 2.45) is 0 Å². The van der Waals surface area contributed by atoms with Crippen LogP contribution in [-0.2, 0) is 0 Å². The number of hydrogen-bond acceptors (Lipinski definition) is 1. The van der Waals surface area contributed by atoms with Gasteiger partial charge in [0.05, 0.1) is 5.69 Å². The van der Waals surface area contributed by atoms with Crippen LogP contribution in [0.4, 0.5) is 0 Å². The van der Waals surface area contributed by atoms with Crippen molar-refractivity contribution < 1.29 is 0 Å². The summed E-state index contributed by atoms with van der Waals surface area (Å²) < 4.78 is 0. The number of pyridine rings is 1. The van der Waals surface area contributed by atoms with Crippen molar-refractivity contribution in [2.45, 2.75) is 69.2 Å². The Morgan fingerprint density at radius 1 is 0.500 bits per heavy atom. The van der Waals surface area contributed by atoms with Gasteiger partial charge in [0.2, 0.25) is 0 Å². The maximum Gasteiger partial charge on any atom is 0.0743 e. The van der Waals surface area contributed by atoms with Crippen LogP contribution in [0.15, 0.2) is 6.07 Å². The largest absolute Gasteiger partial charge is 0.252 e. The molecule has 0 unspecified atom stereocenters. The highest BCUT2D eigenvalue weighted by molar-refractivity contribution is 5.98. The summed E-state index contributed by atoms with van der Waals surface area (Å²) in [5.74, 6) is 0. The Bertz CT molecular complexity index is 1070. The molecule has 3 rings (SSSR count). The van der Waals surface area contributed by atoms with E-state index in [1.165, 1.54) is 66.4 Å². The number of fused-ring (bicyclic) bond motifs is 1. The second-order valence-electron chi connectivity index (χ2n) is 8.04. The van der Waals surface area contributed by atoms with Crippen molar-refractivity contribution in [1.82, 2.24) is 4.98 Å². The molecule has 0 aliphatic carbocycles. The third-order valence-corrected chi connectivity index (χ3v) is 6.80. The van der Waals surface area contributed by atoms with Crippen molar-refractivity contribution in [3.63, 3.8) is 0 Å². The second-order valence-corrected chi connectivity index (χ2v) is 8.04. The van der Waals surface area contributed by atoms with Crippen molar-refractivity contribution in [3.8, 4) is 11.3 Å². The van der Waals surface area contributed by atoms with Crippen LogP contribution in [0.2, 0.25) is 0 Å². The van der Waals surface area contributed by atoms with Gasteiger partial charge < -0.3 is 0 Å². The summed E-state index contributed by atoms with van der Waals surface area (Å²) in [6, 6.07) is 2.32. The van der Waals surface area contributed by atoms with Crippen molar-refractivity contribution in [1.29, 1.82) is 0 Å². The summed E-state index contributed by atoms with van der Waals surface area (Å²) >= 11 is 0. The van der Waals surface area contributed by atoms with Crippen LogP contribution in [0.25, 0.3) is 22.0 Å². The van der Waals surface area contributed by atoms with Crippen LogP contribution in [0.5, 0.6) is 0 Å². The number of rotatable bonds is 1. The van der Waals surface area contributed by atoms with Gasteiger partial charge in [0.15, 0.2) is 0 Å². The molecule has 1 heterocycles. The van der Waals surface area contributed by atoms with Crippen LogP contribution in [0.3, 0.4) is 0 Å². The minimum absolute atomic E-state index is 1.14. The Morgan fingerprint density at radius 2 is 1.00 bits per heavy atom. The maximum atomic E-state index is 5.12. The van der Waals surface area contributed by atoms with Crippen molar-refractivity contribution >= 4 is 10.8 Å². The molecule has 26 heavy (non-hydrogen) atoms. The van der Waals surface area contributed by atoms with Crippen LogP contribution in [-0.4, -0.2) is 4.98 Å².